The highest BCUT2D eigenvalue weighted by Crippen LogP contribution is 2.24. The normalized spacial score (nSPS) is 38.2. The first-order valence-electron chi connectivity index (χ1n) is 4.95. The number of rotatable bonds is 3. The van der Waals surface area contributed by atoms with Crippen LogP contribution in [0.25, 0.3) is 0 Å². The quantitative estimate of drug-likeness (QED) is 0.204. The van der Waals surface area contributed by atoms with Gasteiger partial charge in [-0.05, 0) is 0 Å². The first-order valence-corrected chi connectivity index (χ1v) is 4.95. The van der Waals surface area contributed by atoms with Crippen LogP contribution in [-0.2, 0) is 9.53 Å². The van der Waals surface area contributed by atoms with Crippen molar-refractivity contribution < 1.29 is 45.3 Å². The second-order valence-electron chi connectivity index (χ2n) is 3.73. The van der Waals surface area contributed by atoms with Crippen LogP contribution in [-0.4, -0.2) is 78.8 Å². The lowest BCUT2D eigenvalue weighted by Gasteiger charge is -2.37. The van der Waals surface area contributed by atoms with Gasteiger partial charge in [-0.1, -0.05) is 0 Å². The molecule has 1 saturated heterocycles. The van der Waals surface area contributed by atoms with E-state index in [-0.39, 0.29) is 0 Å². The Morgan fingerprint density at radius 2 is 1.56 bits per heavy atom. The van der Waals surface area contributed by atoms with Crippen LogP contribution in [0.4, 0.5) is 0 Å². The van der Waals surface area contributed by atoms with Gasteiger partial charge < -0.3 is 40.5 Å². The third-order valence-corrected chi connectivity index (χ3v) is 2.51. The van der Waals surface area contributed by atoms with Crippen molar-refractivity contribution in [2.45, 2.75) is 30.7 Å². The molecule has 0 spiro atoms. The Kier molecular flexibility index (Phi) is 4.62. The molecular weight excluding hydrogens is 252 g/mol. The molecule has 5 unspecified atom stereocenters. The zero-order chi connectivity index (χ0) is 14.0. The number of hydrogen-bond acceptors (Lipinski definition) is 9. The minimum Gasteiger partial charge on any atom is -0.506 e. The number of aliphatic hydroxyl groups excluding tert-OH is 7. The summed E-state index contributed by atoms with van der Waals surface area (Å²) in [5, 5.41) is 64.2. The molecule has 0 aromatic rings. The molecule has 1 aliphatic heterocycles. The van der Waals surface area contributed by atoms with Gasteiger partial charge >= 0.3 is 0 Å². The number of ether oxygens (including phenoxy) is 1. The molecule has 1 aliphatic rings. The van der Waals surface area contributed by atoms with Gasteiger partial charge in [0.1, 0.15) is 31.0 Å². The Hall–Kier alpha value is -1.23. The molecule has 9 heteroatoms. The molecule has 1 fully saturated rings. The molecule has 0 bridgehead atoms. The minimum atomic E-state index is -1.92. The van der Waals surface area contributed by atoms with Gasteiger partial charge in [-0.15, -0.1) is 0 Å². The second-order valence-corrected chi connectivity index (χ2v) is 3.73. The Morgan fingerprint density at radius 3 is 2.06 bits per heavy atom. The van der Waals surface area contributed by atoms with Crippen molar-refractivity contribution in [2.75, 3.05) is 6.61 Å². The van der Waals surface area contributed by atoms with Gasteiger partial charge in [-0.3, -0.25) is 4.79 Å². The predicted octanol–water partition coefficient (Wildman–Crippen LogP) is -3.32. The van der Waals surface area contributed by atoms with Gasteiger partial charge in [0, 0.05) is 0 Å². The molecule has 0 saturated carbocycles. The van der Waals surface area contributed by atoms with Crippen molar-refractivity contribution in [3.8, 4) is 0 Å². The van der Waals surface area contributed by atoms with Crippen molar-refractivity contribution >= 4 is 5.78 Å². The summed E-state index contributed by atoms with van der Waals surface area (Å²) >= 11 is 0. The van der Waals surface area contributed by atoms with Gasteiger partial charge in [-0.2, -0.15) is 0 Å². The summed E-state index contributed by atoms with van der Waals surface area (Å²) < 4.78 is 4.55. The fraction of sp³-hybridized carbons (Fsp3) is 0.667. The largest absolute Gasteiger partial charge is 0.506 e. The Balaban J connectivity index is 2.99. The number of carbonyl (C=O) groups excluding carboxylic acids is 1. The smallest absolute Gasteiger partial charge is 0.226 e. The van der Waals surface area contributed by atoms with E-state index in [1.807, 2.05) is 0 Å². The Morgan fingerprint density at radius 1 is 1.00 bits per heavy atom. The van der Waals surface area contributed by atoms with Crippen LogP contribution < -0.4 is 0 Å². The fourth-order valence-electron chi connectivity index (χ4n) is 1.44. The number of ketones is 1. The van der Waals surface area contributed by atoms with Crippen LogP contribution in [0.5, 0.6) is 0 Å². The van der Waals surface area contributed by atoms with Crippen LogP contribution >= 0.6 is 0 Å². The maximum atomic E-state index is 10.9. The van der Waals surface area contributed by atoms with Gasteiger partial charge in [0.15, 0.2) is 12.0 Å². The summed E-state index contributed by atoms with van der Waals surface area (Å²) in [5.41, 5.74) is 0. The van der Waals surface area contributed by atoms with Gasteiger partial charge in [-0.25, -0.2) is 0 Å². The summed E-state index contributed by atoms with van der Waals surface area (Å²) in [7, 11) is 0. The molecule has 1 rings (SSSR count). The molecule has 0 aromatic carbocycles. The number of carbonyl (C=O) groups is 1. The van der Waals surface area contributed by atoms with Crippen LogP contribution in [0.15, 0.2) is 11.5 Å². The van der Waals surface area contributed by atoms with E-state index >= 15 is 0 Å². The van der Waals surface area contributed by atoms with Gasteiger partial charge in [0.05, 0.1) is 0 Å². The molecule has 9 nitrogen and oxygen atoms in total. The average molecular weight is 266 g/mol. The summed E-state index contributed by atoms with van der Waals surface area (Å²) in [6, 6.07) is 0. The summed E-state index contributed by atoms with van der Waals surface area (Å²) in [6.45, 7) is -1.09. The monoisotopic (exact) mass is 266 g/mol. The molecule has 0 aromatic heterocycles. The summed E-state index contributed by atoms with van der Waals surface area (Å²) in [6.07, 6.45) is -9.27. The van der Waals surface area contributed by atoms with Crippen LogP contribution in [0, 0.1) is 0 Å². The highest BCUT2D eigenvalue weighted by atomic mass is 16.6. The molecule has 0 aliphatic carbocycles. The van der Waals surface area contributed by atoms with E-state index in [9.17, 15) is 25.2 Å². The van der Waals surface area contributed by atoms with E-state index in [0.717, 1.165) is 0 Å². The molecule has 5 atom stereocenters. The van der Waals surface area contributed by atoms with Crippen molar-refractivity contribution in [1.82, 2.24) is 0 Å². The van der Waals surface area contributed by atoms with E-state index < -0.39 is 54.6 Å². The summed E-state index contributed by atoms with van der Waals surface area (Å²) in [5.74, 6) is -3.66. The zero-order valence-corrected chi connectivity index (χ0v) is 9.04. The fourth-order valence-corrected chi connectivity index (χ4v) is 1.44. The number of hydrogen-bond donors (Lipinski definition) is 7. The lowest BCUT2D eigenvalue weighted by atomic mass is 9.97. The molecule has 0 amide bonds. The van der Waals surface area contributed by atoms with Crippen molar-refractivity contribution in [1.29, 1.82) is 0 Å². The molecular formula is C9H14O9. The van der Waals surface area contributed by atoms with E-state index in [1.54, 1.807) is 0 Å². The molecule has 0 radical (unpaired) electrons. The van der Waals surface area contributed by atoms with Crippen LogP contribution in [0.2, 0.25) is 0 Å². The highest BCUT2D eigenvalue weighted by molar-refractivity contribution is 5.94. The van der Waals surface area contributed by atoms with E-state index in [2.05, 4.69) is 4.74 Å². The third-order valence-electron chi connectivity index (χ3n) is 2.51. The van der Waals surface area contributed by atoms with Crippen LogP contribution in [0.3, 0.4) is 0 Å². The van der Waals surface area contributed by atoms with Gasteiger partial charge in [0.25, 0.3) is 0 Å². The Labute approximate surface area is 101 Å². The molecule has 104 valence electrons. The zero-order valence-electron chi connectivity index (χ0n) is 9.04. The van der Waals surface area contributed by atoms with Crippen molar-refractivity contribution in [2.24, 2.45) is 0 Å². The molecule has 18 heavy (non-hydrogen) atoms. The SMILES string of the molecule is O=C(CO)/C(O)=C(\O)C1OC(O)C(O)C(O)C1O. The second kappa shape index (κ2) is 5.61. The van der Waals surface area contributed by atoms with E-state index in [1.165, 1.54) is 0 Å². The number of Topliss-reactive ketones (excluding diaryl/α,β-unsaturated/α-hetero) is 1. The van der Waals surface area contributed by atoms with E-state index in [0.29, 0.717) is 0 Å². The lowest BCUT2D eigenvalue weighted by molar-refractivity contribution is -0.278. The maximum Gasteiger partial charge on any atom is 0.226 e. The first kappa shape index (κ1) is 14.8. The van der Waals surface area contributed by atoms with Crippen molar-refractivity contribution in [3.05, 3.63) is 11.5 Å². The first-order chi connectivity index (χ1) is 8.31. The minimum absolute atomic E-state index is 1.09. The predicted molar refractivity (Wildman–Crippen MR) is 53.3 cm³/mol. The average Bonchev–Trinajstić information content (AvgIpc) is 2.37. The topological polar surface area (TPSA) is 168 Å². The van der Waals surface area contributed by atoms with E-state index in [4.69, 9.17) is 15.3 Å². The van der Waals surface area contributed by atoms with Crippen LogP contribution in [0.1, 0.15) is 0 Å². The maximum absolute atomic E-state index is 10.9. The molecule has 7 N–H and O–H groups in total. The Bertz CT molecular complexity index is 352. The number of aliphatic hydroxyl groups is 7. The van der Waals surface area contributed by atoms with Crippen molar-refractivity contribution in [3.63, 3.8) is 0 Å². The molecule has 1 heterocycles. The van der Waals surface area contributed by atoms with Gasteiger partial charge in [0.2, 0.25) is 11.5 Å². The highest BCUT2D eigenvalue weighted by Gasteiger charge is 2.45. The lowest BCUT2D eigenvalue weighted by Crippen LogP contribution is -2.58. The third kappa shape index (κ3) is 2.61. The summed E-state index contributed by atoms with van der Waals surface area (Å²) in [4.78, 5) is 10.9. The standard InChI is InChI=1S/C9H14O9/c10-1-2(11)3(12)5(14)8-6(15)4(13)7(16)9(17)18-8/h4,6-10,12-17H,1H2/b5-3+.